The van der Waals surface area contributed by atoms with Gasteiger partial charge in [-0.25, -0.2) is 4.39 Å². The quantitative estimate of drug-likeness (QED) is 0.862. The van der Waals surface area contributed by atoms with E-state index < -0.39 is 0 Å². The highest BCUT2D eigenvalue weighted by molar-refractivity contribution is 5.33. The van der Waals surface area contributed by atoms with Crippen molar-refractivity contribution >= 4 is 0 Å². The van der Waals surface area contributed by atoms with Gasteiger partial charge in [0, 0.05) is 6.54 Å². The molecule has 1 N–H and O–H groups in total. The fourth-order valence-electron chi connectivity index (χ4n) is 2.07. The lowest BCUT2D eigenvalue weighted by atomic mass is 10.1. The number of halogens is 1. The zero-order valence-electron chi connectivity index (χ0n) is 11.9. The molecule has 0 saturated heterocycles. The standard InChI is InChI=1S/C17H20FNO/c1-3-19-12-17(14-7-5-4-6-8-14)20-16-10-9-15(18)11-13(16)2/h4-11,17,19H,3,12H2,1-2H3. The molecule has 0 aromatic heterocycles. The van der Waals surface area contributed by atoms with Gasteiger partial charge in [0.2, 0.25) is 0 Å². The van der Waals surface area contributed by atoms with Crippen molar-refractivity contribution in [2.45, 2.75) is 20.0 Å². The predicted molar refractivity (Wildman–Crippen MR) is 79.5 cm³/mol. The number of hydrogen-bond acceptors (Lipinski definition) is 2. The molecule has 0 fully saturated rings. The van der Waals surface area contributed by atoms with Crippen LogP contribution in [0.3, 0.4) is 0 Å². The van der Waals surface area contributed by atoms with Crippen LogP contribution in [0.2, 0.25) is 0 Å². The Bertz CT molecular complexity index is 542. The third-order valence-corrected chi connectivity index (χ3v) is 3.16. The van der Waals surface area contributed by atoms with E-state index in [0.717, 1.165) is 30.0 Å². The summed E-state index contributed by atoms with van der Waals surface area (Å²) < 4.78 is 19.2. The molecule has 1 unspecified atom stereocenters. The molecule has 0 spiro atoms. The van der Waals surface area contributed by atoms with E-state index in [1.165, 1.54) is 12.1 Å². The number of benzene rings is 2. The van der Waals surface area contributed by atoms with Gasteiger partial charge in [0.25, 0.3) is 0 Å². The maximum absolute atomic E-state index is 13.1. The number of ether oxygens (including phenoxy) is 1. The fourth-order valence-corrected chi connectivity index (χ4v) is 2.07. The topological polar surface area (TPSA) is 21.3 Å². The highest BCUT2D eigenvalue weighted by Crippen LogP contribution is 2.25. The summed E-state index contributed by atoms with van der Waals surface area (Å²) in [6, 6.07) is 14.7. The molecule has 0 saturated carbocycles. The zero-order valence-corrected chi connectivity index (χ0v) is 11.9. The molecule has 2 nitrogen and oxygen atoms in total. The van der Waals surface area contributed by atoms with Crippen LogP contribution >= 0.6 is 0 Å². The second kappa shape index (κ2) is 7.06. The van der Waals surface area contributed by atoms with E-state index in [4.69, 9.17) is 4.74 Å². The van der Waals surface area contributed by atoms with Crippen LogP contribution in [0, 0.1) is 12.7 Å². The van der Waals surface area contributed by atoms with Gasteiger partial charge < -0.3 is 10.1 Å². The van der Waals surface area contributed by atoms with Crippen molar-refractivity contribution in [1.29, 1.82) is 0 Å². The van der Waals surface area contributed by atoms with Crippen molar-refractivity contribution in [3.63, 3.8) is 0 Å². The Morgan fingerprint density at radius 3 is 2.55 bits per heavy atom. The third-order valence-electron chi connectivity index (χ3n) is 3.16. The number of nitrogens with one attached hydrogen (secondary N) is 1. The van der Waals surface area contributed by atoms with E-state index in [1.807, 2.05) is 37.3 Å². The smallest absolute Gasteiger partial charge is 0.136 e. The number of rotatable bonds is 6. The van der Waals surface area contributed by atoms with Crippen molar-refractivity contribution < 1.29 is 9.13 Å². The predicted octanol–water partition coefficient (Wildman–Crippen LogP) is 3.86. The van der Waals surface area contributed by atoms with Gasteiger partial charge in [0.1, 0.15) is 17.7 Å². The molecule has 0 radical (unpaired) electrons. The second-order valence-corrected chi connectivity index (χ2v) is 4.73. The molecule has 2 aromatic rings. The van der Waals surface area contributed by atoms with E-state index in [1.54, 1.807) is 6.07 Å². The highest BCUT2D eigenvalue weighted by Gasteiger charge is 2.14. The first kappa shape index (κ1) is 14.5. The van der Waals surface area contributed by atoms with Crippen molar-refractivity contribution in [2.24, 2.45) is 0 Å². The Balaban J connectivity index is 2.19. The summed E-state index contributed by atoms with van der Waals surface area (Å²) in [4.78, 5) is 0. The van der Waals surface area contributed by atoms with Gasteiger partial charge >= 0.3 is 0 Å². The highest BCUT2D eigenvalue weighted by atomic mass is 19.1. The van der Waals surface area contributed by atoms with Crippen molar-refractivity contribution in [1.82, 2.24) is 5.32 Å². The summed E-state index contributed by atoms with van der Waals surface area (Å²) in [5, 5.41) is 3.30. The number of aryl methyl sites for hydroxylation is 1. The summed E-state index contributed by atoms with van der Waals surface area (Å²) in [6.45, 7) is 5.52. The van der Waals surface area contributed by atoms with Gasteiger partial charge in [-0.2, -0.15) is 0 Å². The van der Waals surface area contributed by atoms with E-state index in [9.17, 15) is 4.39 Å². The van der Waals surface area contributed by atoms with Gasteiger partial charge in [-0.3, -0.25) is 0 Å². The Labute approximate surface area is 119 Å². The molecule has 2 rings (SSSR count). The summed E-state index contributed by atoms with van der Waals surface area (Å²) in [7, 11) is 0. The molecule has 2 aromatic carbocycles. The molecular formula is C17H20FNO. The van der Waals surface area contributed by atoms with Gasteiger partial charge in [-0.1, -0.05) is 37.3 Å². The third kappa shape index (κ3) is 3.81. The minimum Gasteiger partial charge on any atom is -0.484 e. The van der Waals surface area contributed by atoms with Gasteiger partial charge in [0.05, 0.1) is 0 Å². The summed E-state index contributed by atoms with van der Waals surface area (Å²) in [5.74, 6) is 0.482. The van der Waals surface area contributed by atoms with E-state index in [-0.39, 0.29) is 11.9 Å². The molecule has 0 aliphatic rings. The average molecular weight is 273 g/mol. The maximum atomic E-state index is 13.1. The Kier molecular flexibility index (Phi) is 5.13. The molecule has 0 heterocycles. The average Bonchev–Trinajstić information content (AvgIpc) is 2.46. The van der Waals surface area contributed by atoms with Crippen LogP contribution in [-0.4, -0.2) is 13.1 Å². The van der Waals surface area contributed by atoms with Crippen LogP contribution in [0.15, 0.2) is 48.5 Å². The SMILES string of the molecule is CCNCC(Oc1ccc(F)cc1C)c1ccccc1. The largest absolute Gasteiger partial charge is 0.484 e. The Morgan fingerprint density at radius 1 is 1.15 bits per heavy atom. The maximum Gasteiger partial charge on any atom is 0.136 e. The Morgan fingerprint density at radius 2 is 1.90 bits per heavy atom. The fraction of sp³-hybridized carbons (Fsp3) is 0.294. The van der Waals surface area contributed by atoms with Crippen LogP contribution in [0.25, 0.3) is 0 Å². The van der Waals surface area contributed by atoms with E-state index in [2.05, 4.69) is 12.2 Å². The molecule has 0 aliphatic carbocycles. The van der Waals surface area contributed by atoms with Crippen molar-refractivity contribution in [3.05, 3.63) is 65.5 Å². The van der Waals surface area contributed by atoms with Crippen LogP contribution in [0.4, 0.5) is 4.39 Å². The lowest BCUT2D eigenvalue weighted by Crippen LogP contribution is -2.25. The summed E-state index contributed by atoms with van der Waals surface area (Å²) in [5.41, 5.74) is 1.92. The molecular weight excluding hydrogens is 253 g/mol. The lowest BCUT2D eigenvalue weighted by Gasteiger charge is -2.21. The molecule has 1 atom stereocenters. The van der Waals surface area contributed by atoms with Crippen LogP contribution in [0.1, 0.15) is 24.2 Å². The van der Waals surface area contributed by atoms with Crippen LogP contribution in [-0.2, 0) is 0 Å². The second-order valence-electron chi connectivity index (χ2n) is 4.73. The summed E-state index contributed by atoms with van der Waals surface area (Å²) >= 11 is 0. The first-order valence-electron chi connectivity index (χ1n) is 6.89. The normalized spacial score (nSPS) is 12.2. The lowest BCUT2D eigenvalue weighted by molar-refractivity contribution is 0.201. The number of hydrogen-bond donors (Lipinski definition) is 1. The Hall–Kier alpha value is -1.87. The molecule has 0 amide bonds. The minimum absolute atomic E-state index is 0.0830. The monoisotopic (exact) mass is 273 g/mol. The molecule has 0 bridgehead atoms. The van der Waals surface area contributed by atoms with Crippen molar-refractivity contribution in [2.75, 3.05) is 13.1 Å². The van der Waals surface area contributed by atoms with Crippen LogP contribution < -0.4 is 10.1 Å². The molecule has 106 valence electrons. The number of likely N-dealkylation sites (N-methyl/N-ethyl adjacent to an activating group) is 1. The van der Waals surface area contributed by atoms with Gasteiger partial charge in [-0.05, 0) is 42.8 Å². The van der Waals surface area contributed by atoms with Gasteiger partial charge in [-0.15, -0.1) is 0 Å². The van der Waals surface area contributed by atoms with Crippen LogP contribution in [0.5, 0.6) is 5.75 Å². The first-order chi connectivity index (χ1) is 9.70. The molecule has 20 heavy (non-hydrogen) atoms. The zero-order chi connectivity index (χ0) is 14.4. The first-order valence-corrected chi connectivity index (χ1v) is 6.89. The van der Waals surface area contributed by atoms with Gasteiger partial charge in [0.15, 0.2) is 0 Å². The minimum atomic E-state index is -0.238. The summed E-state index contributed by atoms with van der Waals surface area (Å²) in [6.07, 6.45) is -0.0830. The van der Waals surface area contributed by atoms with E-state index in [0.29, 0.717) is 0 Å². The molecule has 3 heteroatoms. The molecule has 0 aliphatic heterocycles. The van der Waals surface area contributed by atoms with E-state index >= 15 is 0 Å². The van der Waals surface area contributed by atoms with Crippen molar-refractivity contribution in [3.8, 4) is 5.75 Å².